The highest BCUT2D eigenvalue weighted by molar-refractivity contribution is 9.10. The van der Waals surface area contributed by atoms with Crippen molar-refractivity contribution in [3.05, 3.63) is 33.3 Å². The molecule has 20 heavy (non-hydrogen) atoms. The Hall–Kier alpha value is -0.0500. The van der Waals surface area contributed by atoms with Gasteiger partial charge in [-0.3, -0.25) is 0 Å². The summed E-state index contributed by atoms with van der Waals surface area (Å²) in [6.07, 6.45) is 7.40. The minimum Gasteiger partial charge on any atom is -0.310 e. The quantitative estimate of drug-likeness (QED) is 0.804. The molecule has 1 nitrogen and oxygen atoms in total. The maximum atomic E-state index is 6.01. The fourth-order valence-electron chi connectivity index (χ4n) is 5.21. The molecule has 3 saturated carbocycles. The molecule has 0 radical (unpaired) electrons. The lowest BCUT2D eigenvalue weighted by Crippen LogP contribution is -2.38. The van der Waals surface area contributed by atoms with E-state index in [1.54, 1.807) is 0 Å². The van der Waals surface area contributed by atoms with Crippen LogP contribution >= 0.6 is 27.5 Å². The minimum atomic E-state index is 0.752. The lowest BCUT2D eigenvalue weighted by atomic mass is 9.79. The van der Waals surface area contributed by atoms with Crippen molar-refractivity contribution < 1.29 is 0 Å². The van der Waals surface area contributed by atoms with Crippen LogP contribution in [0.2, 0.25) is 5.02 Å². The van der Waals surface area contributed by atoms with Crippen molar-refractivity contribution in [2.45, 2.75) is 44.7 Å². The van der Waals surface area contributed by atoms with Crippen LogP contribution in [0.15, 0.2) is 22.7 Å². The second-order valence-electron chi connectivity index (χ2n) is 6.88. The summed E-state index contributed by atoms with van der Waals surface area (Å²) >= 11 is 9.62. The third-order valence-corrected chi connectivity index (χ3v) is 6.97. The molecule has 4 rings (SSSR count). The first-order chi connectivity index (χ1) is 9.72. The van der Waals surface area contributed by atoms with Gasteiger partial charge in [-0.1, -0.05) is 40.0 Å². The Morgan fingerprint density at radius 1 is 1.15 bits per heavy atom. The zero-order chi connectivity index (χ0) is 13.7. The van der Waals surface area contributed by atoms with Crippen LogP contribution in [0.5, 0.6) is 0 Å². The van der Waals surface area contributed by atoms with Crippen LogP contribution in [0, 0.1) is 23.7 Å². The van der Waals surface area contributed by atoms with Gasteiger partial charge in [0.05, 0.1) is 0 Å². The Bertz CT molecular complexity index is 518. The van der Waals surface area contributed by atoms with Crippen LogP contribution in [0.1, 0.15) is 37.7 Å². The van der Waals surface area contributed by atoms with Crippen molar-refractivity contribution in [2.24, 2.45) is 23.7 Å². The highest BCUT2D eigenvalue weighted by Crippen LogP contribution is 2.58. The molecule has 2 bridgehead atoms. The fraction of sp³-hybridized carbons (Fsp3) is 0.647. The van der Waals surface area contributed by atoms with Crippen LogP contribution < -0.4 is 5.32 Å². The van der Waals surface area contributed by atoms with E-state index in [9.17, 15) is 0 Å². The van der Waals surface area contributed by atoms with E-state index in [0.717, 1.165) is 45.8 Å². The molecule has 1 aromatic carbocycles. The average Bonchev–Trinajstić information content (AvgIpc) is 3.10. The van der Waals surface area contributed by atoms with E-state index in [1.807, 2.05) is 12.1 Å². The van der Waals surface area contributed by atoms with Gasteiger partial charge >= 0.3 is 0 Å². The van der Waals surface area contributed by atoms with Crippen LogP contribution in [0.3, 0.4) is 0 Å². The summed E-state index contributed by atoms with van der Waals surface area (Å²) in [5.74, 6) is 4.11. The standard InChI is InChI=1S/C17H21BrClN/c18-16-8-12(19)5-4-10(16)9-20-17-7-11-6-15(17)14-3-1-2-13(11)14/h4-5,8,11,13-15,17,20H,1-3,6-7,9H2. The van der Waals surface area contributed by atoms with Crippen molar-refractivity contribution in [1.82, 2.24) is 5.32 Å². The molecule has 108 valence electrons. The first-order valence-corrected chi connectivity index (χ1v) is 9.07. The molecule has 5 atom stereocenters. The third-order valence-electron chi connectivity index (χ3n) is 6.00. The highest BCUT2D eigenvalue weighted by Gasteiger charge is 2.53. The van der Waals surface area contributed by atoms with Crippen LogP contribution in [-0.2, 0) is 6.54 Å². The normalized spacial score (nSPS) is 38.4. The van der Waals surface area contributed by atoms with E-state index < -0.39 is 0 Å². The molecule has 0 amide bonds. The SMILES string of the molecule is Clc1ccc(CNC2CC3CC2C2CCCC32)c(Br)c1. The molecule has 1 N–H and O–H groups in total. The van der Waals surface area contributed by atoms with Gasteiger partial charge in [0.2, 0.25) is 0 Å². The summed E-state index contributed by atoms with van der Waals surface area (Å²) in [6, 6.07) is 6.86. The monoisotopic (exact) mass is 353 g/mol. The Kier molecular flexibility index (Phi) is 3.60. The molecule has 3 fully saturated rings. The lowest BCUT2D eigenvalue weighted by Gasteiger charge is -2.32. The third kappa shape index (κ3) is 2.24. The predicted molar refractivity (Wildman–Crippen MR) is 86.8 cm³/mol. The van der Waals surface area contributed by atoms with E-state index in [0.29, 0.717) is 0 Å². The number of hydrogen-bond donors (Lipinski definition) is 1. The molecule has 3 aliphatic rings. The lowest BCUT2D eigenvalue weighted by molar-refractivity contribution is 0.208. The van der Waals surface area contributed by atoms with Gasteiger partial charge in [-0.2, -0.15) is 0 Å². The minimum absolute atomic E-state index is 0.752. The van der Waals surface area contributed by atoms with Gasteiger partial charge in [0, 0.05) is 22.1 Å². The number of halogens is 2. The summed E-state index contributed by atoms with van der Waals surface area (Å²) < 4.78 is 1.12. The maximum Gasteiger partial charge on any atom is 0.0417 e. The van der Waals surface area contributed by atoms with Crippen molar-refractivity contribution in [2.75, 3.05) is 0 Å². The zero-order valence-corrected chi connectivity index (χ0v) is 14.0. The number of hydrogen-bond acceptors (Lipinski definition) is 1. The molecule has 1 aromatic rings. The number of nitrogens with one attached hydrogen (secondary N) is 1. The van der Waals surface area contributed by atoms with E-state index in [4.69, 9.17) is 11.6 Å². The number of rotatable bonds is 3. The van der Waals surface area contributed by atoms with Gasteiger partial charge in [0.15, 0.2) is 0 Å². The smallest absolute Gasteiger partial charge is 0.0417 e. The Morgan fingerprint density at radius 2 is 2.00 bits per heavy atom. The second-order valence-corrected chi connectivity index (χ2v) is 8.17. The molecule has 0 heterocycles. The fourth-order valence-corrected chi connectivity index (χ4v) is 6.03. The van der Waals surface area contributed by atoms with Gasteiger partial charge in [-0.15, -0.1) is 0 Å². The summed E-state index contributed by atoms with van der Waals surface area (Å²) in [5, 5.41) is 4.63. The molecule has 0 aromatic heterocycles. The highest BCUT2D eigenvalue weighted by atomic mass is 79.9. The van der Waals surface area contributed by atoms with E-state index in [-0.39, 0.29) is 0 Å². The molecular weight excluding hydrogens is 334 g/mol. The molecule has 0 aliphatic heterocycles. The molecule has 5 unspecified atom stereocenters. The maximum absolute atomic E-state index is 6.01. The summed E-state index contributed by atoms with van der Waals surface area (Å²) in [4.78, 5) is 0. The van der Waals surface area contributed by atoms with Crippen molar-refractivity contribution in [3.63, 3.8) is 0 Å². The summed E-state index contributed by atoms with van der Waals surface area (Å²) in [7, 11) is 0. The first-order valence-electron chi connectivity index (χ1n) is 7.89. The molecule has 0 saturated heterocycles. The summed E-state index contributed by atoms with van der Waals surface area (Å²) in [6.45, 7) is 0.961. The van der Waals surface area contributed by atoms with Crippen LogP contribution in [0.4, 0.5) is 0 Å². The first kappa shape index (κ1) is 13.6. The van der Waals surface area contributed by atoms with Gasteiger partial charge < -0.3 is 5.32 Å². The second kappa shape index (κ2) is 5.30. The Balaban J connectivity index is 1.41. The van der Waals surface area contributed by atoms with Crippen molar-refractivity contribution in [3.8, 4) is 0 Å². The molecular formula is C17H21BrClN. The van der Waals surface area contributed by atoms with E-state index >= 15 is 0 Å². The topological polar surface area (TPSA) is 12.0 Å². The van der Waals surface area contributed by atoms with Crippen molar-refractivity contribution >= 4 is 27.5 Å². The van der Waals surface area contributed by atoms with Gasteiger partial charge in [-0.25, -0.2) is 0 Å². The molecule has 3 aliphatic carbocycles. The van der Waals surface area contributed by atoms with Gasteiger partial charge in [0.1, 0.15) is 0 Å². The van der Waals surface area contributed by atoms with Crippen molar-refractivity contribution in [1.29, 1.82) is 0 Å². The van der Waals surface area contributed by atoms with Crippen LogP contribution in [-0.4, -0.2) is 6.04 Å². The van der Waals surface area contributed by atoms with E-state index in [1.165, 1.54) is 37.7 Å². The van der Waals surface area contributed by atoms with Gasteiger partial charge in [-0.05, 0) is 67.1 Å². The van der Waals surface area contributed by atoms with E-state index in [2.05, 4.69) is 27.3 Å². The number of benzene rings is 1. The zero-order valence-electron chi connectivity index (χ0n) is 11.6. The average molecular weight is 355 g/mol. The predicted octanol–water partition coefficient (Wildman–Crippen LogP) is 5.02. The van der Waals surface area contributed by atoms with Gasteiger partial charge in [0.25, 0.3) is 0 Å². The largest absolute Gasteiger partial charge is 0.310 e. The molecule has 0 spiro atoms. The summed E-state index contributed by atoms with van der Waals surface area (Å²) in [5.41, 5.74) is 1.32. The Morgan fingerprint density at radius 3 is 2.85 bits per heavy atom. The number of fused-ring (bicyclic) bond motifs is 5. The molecule has 3 heteroatoms. The Labute approximate surface area is 134 Å². The van der Waals surface area contributed by atoms with Crippen LogP contribution in [0.25, 0.3) is 0 Å².